The maximum atomic E-state index is 6.47. The van der Waals surface area contributed by atoms with E-state index in [9.17, 15) is 0 Å². The Morgan fingerprint density at radius 1 is 1.00 bits per heavy atom. The first-order valence-electron chi connectivity index (χ1n) is 7.30. The number of fused-ring (bicyclic) bond motifs is 1. The van der Waals surface area contributed by atoms with Crippen LogP contribution in [0.2, 0.25) is 0 Å². The second kappa shape index (κ2) is 3.66. The summed E-state index contributed by atoms with van der Waals surface area (Å²) in [5.41, 5.74) is 9.11. The van der Waals surface area contributed by atoms with Gasteiger partial charge in [0.2, 0.25) is 0 Å². The molecule has 3 heteroatoms. The maximum absolute atomic E-state index is 6.47. The van der Waals surface area contributed by atoms with Gasteiger partial charge in [-0.1, -0.05) is 0 Å². The van der Waals surface area contributed by atoms with Gasteiger partial charge in [0.05, 0.1) is 13.2 Å². The van der Waals surface area contributed by atoms with Gasteiger partial charge in [-0.05, 0) is 62.3 Å². The monoisotopic (exact) mass is 259 g/mol. The Hall–Kier alpha value is -1.22. The Morgan fingerprint density at radius 3 is 2.16 bits per heavy atom. The number of benzene rings is 1. The van der Waals surface area contributed by atoms with Crippen molar-refractivity contribution in [2.75, 3.05) is 13.2 Å². The van der Waals surface area contributed by atoms with Crippen molar-refractivity contribution in [1.82, 2.24) is 0 Å². The zero-order valence-corrected chi connectivity index (χ0v) is 11.5. The van der Waals surface area contributed by atoms with E-state index in [0.717, 1.165) is 37.6 Å². The van der Waals surface area contributed by atoms with Gasteiger partial charge in [0.25, 0.3) is 0 Å². The molecule has 3 aliphatic rings. The quantitative estimate of drug-likeness (QED) is 0.843. The fourth-order valence-electron chi connectivity index (χ4n) is 3.22. The van der Waals surface area contributed by atoms with E-state index in [2.05, 4.69) is 19.1 Å². The standard InChI is InChI=1S/C16H21NO2/c1-11-7-13-14(8-12(11)16(17)3-2-4-16)19-10-15(5-6-15)9-18-13/h7-8H,2-6,9-10,17H2,1H3. The van der Waals surface area contributed by atoms with Crippen molar-refractivity contribution in [2.45, 2.75) is 44.6 Å². The first kappa shape index (κ1) is 11.6. The molecule has 4 rings (SSSR count). The normalized spacial score (nSPS) is 25.6. The summed E-state index contributed by atoms with van der Waals surface area (Å²) in [5.74, 6) is 1.79. The molecule has 2 aliphatic carbocycles. The van der Waals surface area contributed by atoms with Crippen LogP contribution in [0.25, 0.3) is 0 Å². The first-order valence-corrected chi connectivity index (χ1v) is 7.30. The molecule has 1 aromatic carbocycles. The van der Waals surface area contributed by atoms with E-state index in [4.69, 9.17) is 15.2 Å². The third-order valence-electron chi connectivity index (χ3n) is 5.10. The van der Waals surface area contributed by atoms with Crippen LogP contribution < -0.4 is 15.2 Å². The molecule has 0 amide bonds. The molecular weight excluding hydrogens is 238 g/mol. The lowest BCUT2D eigenvalue weighted by Gasteiger charge is -2.39. The highest BCUT2D eigenvalue weighted by molar-refractivity contribution is 5.50. The zero-order valence-electron chi connectivity index (χ0n) is 11.5. The van der Waals surface area contributed by atoms with Gasteiger partial charge >= 0.3 is 0 Å². The van der Waals surface area contributed by atoms with Crippen LogP contribution in [-0.2, 0) is 5.54 Å². The van der Waals surface area contributed by atoms with Gasteiger partial charge in [0.15, 0.2) is 11.5 Å². The lowest BCUT2D eigenvalue weighted by Crippen LogP contribution is -2.43. The molecule has 102 valence electrons. The first-order chi connectivity index (χ1) is 9.10. The SMILES string of the molecule is Cc1cc2c(cc1C1(N)CCC1)OCC1(CC1)CO2. The smallest absolute Gasteiger partial charge is 0.161 e. The molecule has 3 nitrogen and oxygen atoms in total. The molecule has 2 saturated carbocycles. The van der Waals surface area contributed by atoms with E-state index in [-0.39, 0.29) is 5.54 Å². The minimum absolute atomic E-state index is 0.133. The highest BCUT2D eigenvalue weighted by atomic mass is 16.5. The minimum atomic E-state index is -0.133. The van der Waals surface area contributed by atoms with E-state index >= 15 is 0 Å². The minimum Gasteiger partial charge on any atom is -0.489 e. The van der Waals surface area contributed by atoms with E-state index in [1.165, 1.54) is 30.4 Å². The highest BCUT2D eigenvalue weighted by Crippen LogP contribution is 2.50. The number of aryl methyl sites for hydroxylation is 1. The Bertz CT molecular complexity index is 530. The van der Waals surface area contributed by atoms with Crippen molar-refractivity contribution in [3.05, 3.63) is 23.3 Å². The van der Waals surface area contributed by atoms with Crippen LogP contribution in [0.1, 0.15) is 43.2 Å². The van der Waals surface area contributed by atoms with Crippen molar-refractivity contribution in [3.63, 3.8) is 0 Å². The molecule has 2 fully saturated rings. The molecule has 0 saturated heterocycles. The van der Waals surface area contributed by atoms with E-state index in [0.29, 0.717) is 5.41 Å². The molecule has 2 N–H and O–H groups in total. The third-order valence-corrected chi connectivity index (χ3v) is 5.10. The number of hydrogen-bond acceptors (Lipinski definition) is 3. The lowest BCUT2D eigenvalue weighted by atomic mass is 9.71. The summed E-state index contributed by atoms with van der Waals surface area (Å²) in [6.07, 6.45) is 5.85. The summed E-state index contributed by atoms with van der Waals surface area (Å²) in [6, 6.07) is 4.24. The average Bonchev–Trinajstić information content (AvgIpc) is 3.15. The third kappa shape index (κ3) is 1.75. The van der Waals surface area contributed by atoms with Crippen molar-refractivity contribution in [2.24, 2.45) is 11.1 Å². The van der Waals surface area contributed by atoms with Gasteiger partial charge in [0, 0.05) is 11.0 Å². The van der Waals surface area contributed by atoms with Crippen LogP contribution in [-0.4, -0.2) is 13.2 Å². The predicted molar refractivity (Wildman–Crippen MR) is 73.6 cm³/mol. The van der Waals surface area contributed by atoms with E-state index < -0.39 is 0 Å². The summed E-state index contributed by atoms with van der Waals surface area (Å²) in [5, 5.41) is 0. The topological polar surface area (TPSA) is 44.5 Å². The van der Waals surface area contributed by atoms with Crippen molar-refractivity contribution in [3.8, 4) is 11.5 Å². The van der Waals surface area contributed by atoms with Crippen LogP contribution in [0.3, 0.4) is 0 Å². The van der Waals surface area contributed by atoms with E-state index in [1.807, 2.05) is 0 Å². The number of rotatable bonds is 1. The Morgan fingerprint density at radius 2 is 1.63 bits per heavy atom. The molecule has 0 bridgehead atoms. The van der Waals surface area contributed by atoms with Crippen LogP contribution >= 0.6 is 0 Å². The average molecular weight is 259 g/mol. The molecule has 0 unspecified atom stereocenters. The molecule has 19 heavy (non-hydrogen) atoms. The largest absolute Gasteiger partial charge is 0.489 e. The molecule has 0 aromatic heterocycles. The molecule has 1 heterocycles. The molecular formula is C16H21NO2. The number of hydrogen-bond donors (Lipinski definition) is 1. The van der Waals surface area contributed by atoms with Gasteiger partial charge < -0.3 is 15.2 Å². The summed E-state index contributed by atoms with van der Waals surface area (Å²) in [7, 11) is 0. The maximum Gasteiger partial charge on any atom is 0.161 e. The fourth-order valence-corrected chi connectivity index (χ4v) is 3.22. The molecule has 1 aromatic rings. The Labute approximate surface area is 114 Å². The molecule has 1 spiro atoms. The zero-order chi connectivity index (χ0) is 13.1. The molecule has 0 radical (unpaired) electrons. The summed E-state index contributed by atoms with van der Waals surface area (Å²) < 4.78 is 12.0. The van der Waals surface area contributed by atoms with Crippen LogP contribution in [0.5, 0.6) is 11.5 Å². The van der Waals surface area contributed by atoms with Gasteiger partial charge in [0.1, 0.15) is 0 Å². The summed E-state index contributed by atoms with van der Waals surface area (Å²) >= 11 is 0. The highest BCUT2D eigenvalue weighted by Gasteiger charge is 2.46. The fraction of sp³-hybridized carbons (Fsp3) is 0.625. The van der Waals surface area contributed by atoms with E-state index in [1.54, 1.807) is 0 Å². The Balaban J connectivity index is 1.71. The lowest BCUT2D eigenvalue weighted by molar-refractivity contribution is 0.196. The van der Waals surface area contributed by atoms with Gasteiger partial charge in [-0.3, -0.25) is 0 Å². The number of nitrogens with two attached hydrogens (primary N) is 1. The van der Waals surface area contributed by atoms with Crippen LogP contribution in [0.15, 0.2) is 12.1 Å². The van der Waals surface area contributed by atoms with Gasteiger partial charge in [-0.25, -0.2) is 0 Å². The van der Waals surface area contributed by atoms with Crippen LogP contribution in [0.4, 0.5) is 0 Å². The second-order valence-electron chi connectivity index (χ2n) is 6.70. The summed E-state index contributed by atoms with van der Waals surface area (Å²) in [4.78, 5) is 0. The van der Waals surface area contributed by atoms with Crippen LogP contribution in [0, 0.1) is 12.3 Å². The molecule has 1 aliphatic heterocycles. The van der Waals surface area contributed by atoms with Crippen molar-refractivity contribution < 1.29 is 9.47 Å². The summed E-state index contributed by atoms with van der Waals surface area (Å²) in [6.45, 7) is 3.72. The molecule has 0 atom stereocenters. The van der Waals surface area contributed by atoms with Gasteiger partial charge in [-0.2, -0.15) is 0 Å². The second-order valence-corrected chi connectivity index (χ2v) is 6.70. The van der Waals surface area contributed by atoms with Crippen molar-refractivity contribution in [1.29, 1.82) is 0 Å². The Kier molecular flexibility index (Phi) is 2.23. The predicted octanol–water partition coefficient (Wildman–Crippen LogP) is 2.88. The van der Waals surface area contributed by atoms with Gasteiger partial charge in [-0.15, -0.1) is 0 Å². The van der Waals surface area contributed by atoms with Crippen molar-refractivity contribution >= 4 is 0 Å². The number of ether oxygens (including phenoxy) is 2.